The third-order valence-corrected chi connectivity index (χ3v) is 9.95. The van der Waals surface area contributed by atoms with Gasteiger partial charge in [-0.1, -0.05) is 0 Å². The van der Waals surface area contributed by atoms with E-state index in [1.807, 2.05) is 0 Å². The van der Waals surface area contributed by atoms with Crippen LogP contribution in [0.3, 0.4) is 0 Å². The van der Waals surface area contributed by atoms with E-state index < -0.39 is 64.6 Å². The predicted molar refractivity (Wildman–Crippen MR) is 157 cm³/mol. The Morgan fingerprint density at radius 2 is 1.15 bits per heavy atom. The van der Waals surface area contributed by atoms with E-state index in [1.165, 1.54) is 24.3 Å². The van der Waals surface area contributed by atoms with Crippen molar-refractivity contribution in [3.8, 4) is 17.2 Å². The van der Waals surface area contributed by atoms with E-state index in [-0.39, 0.29) is 153 Å². The second-order valence-corrected chi connectivity index (χ2v) is 14.8. The number of benzene rings is 3. The SMILES string of the molecule is O=S(=O)([O-])OCCS(=O)(=O)c1ccc(N=Nc2cc(N=Nc3ccc(S(=O)(=O)CCOSOO[O-])cc3)c(O)cc2O)c(OSOO[O-])c1.[Na+].[Na+].[Na+]. The van der Waals surface area contributed by atoms with Crippen molar-refractivity contribution in [1.82, 2.24) is 0 Å². The van der Waals surface area contributed by atoms with E-state index in [0.717, 1.165) is 30.3 Å². The fourth-order valence-corrected chi connectivity index (χ4v) is 6.40. The van der Waals surface area contributed by atoms with Crippen molar-refractivity contribution in [3.05, 3.63) is 54.6 Å². The number of phenols is 2. The molecule has 0 aliphatic heterocycles. The molecule has 0 aliphatic carbocycles. The van der Waals surface area contributed by atoms with Gasteiger partial charge in [-0.05, 0) is 36.4 Å². The number of azo groups is 2. The molecule has 0 heterocycles. The number of nitrogens with zero attached hydrogens (tertiary/aromatic N) is 4. The van der Waals surface area contributed by atoms with Crippen molar-refractivity contribution in [2.24, 2.45) is 20.5 Å². The Morgan fingerprint density at radius 3 is 1.75 bits per heavy atom. The van der Waals surface area contributed by atoms with Crippen molar-refractivity contribution in [1.29, 1.82) is 0 Å². The van der Waals surface area contributed by atoms with Crippen LogP contribution in [0, 0.1) is 0 Å². The van der Waals surface area contributed by atoms with E-state index in [9.17, 15) is 50.5 Å². The second-order valence-electron chi connectivity index (χ2n) is 8.53. The third kappa shape index (κ3) is 17.5. The number of hydrogen-bond acceptors (Lipinski definition) is 24. The minimum atomic E-state index is -5.15. The Morgan fingerprint density at radius 1 is 0.635 bits per heavy atom. The normalized spacial score (nSPS) is 11.9. The van der Waals surface area contributed by atoms with Gasteiger partial charge in [0.25, 0.3) is 12.3 Å². The zero-order valence-corrected chi connectivity index (χ0v) is 36.9. The van der Waals surface area contributed by atoms with Crippen molar-refractivity contribution < 1.29 is 170 Å². The summed E-state index contributed by atoms with van der Waals surface area (Å²) in [6.45, 7) is -1.30. The van der Waals surface area contributed by atoms with E-state index in [1.54, 1.807) is 0 Å². The van der Waals surface area contributed by atoms with Gasteiger partial charge in [-0.2, -0.15) is 5.11 Å². The number of hydrogen-bond donors (Lipinski definition) is 2. The molecular weight excluding hydrogens is 838 g/mol. The van der Waals surface area contributed by atoms with Crippen molar-refractivity contribution in [2.45, 2.75) is 9.79 Å². The van der Waals surface area contributed by atoms with Gasteiger partial charge < -0.3 is 29.5 Å². The molecule has 0 aliphatic rings. The van der Waals surface area contributed by atoms with Crippen LogP contribution >= 0.6 is 24.6 Å². The van der Waals surface area contributed by atoms with Gasteiger partial charge in [0.05, 0.1) is 40.2 Å². The van der Waals surface area contributed by atoms with Gasteiger partial charge in [0.1, 0.15) is 28.6 Å². The first kappa shape index (κ1) is 51.5. The summed E-state index contributed by atoms with van der Waals surface area (Å²) >= 11 is 0.122. The molecule has 0 amide bonds. The molecule has 22 nitrogen and oxygen atoms in total. The monoisotopic (exact) mass is 856 g/mol. The molecule has 0 radical (unpaired) electrons. The molecule has 3 rings (SSSR count). The molecular formula is C22H19N4Na3O18S5. The molecule has 52 heavy (non-hydrogen) atoms. The number of phenolic OH excluding ortho intramolecular Hbond substituents is 2. The molecule has 3 aromatic rings. The van der Waals surface area contributed by atoms with Gasteiger partial charge in [0.2, 0.25) is 10.4 Å². The first-order valence-electron chi connectivity index (χ1n) is 12.4. The molecule has 2 N–H and O–H groups in total. The summed E-state index contributed by atoms with van der Waals surface area (Å²) in [6.07, 6.45) is 0. The van der Waals surface area contributed by atoms with Crippen LogP contribution in [0.5, 0.6) is 17.2 Å². The zero-order chi connectivity index (χ0) is 36.1. The van der Waals surface area contributed by atoms with Gasteiger partial charge >= 0.3 is 88.7 Å². The Kier molecular flexibility index (Phi) is 24.6. The van der Waals surface area contributed by atoms with Crippen molar-refractivity contribution >= 4 is 77.5 Å². The van der Waals surface area contributed by atoms with Gasteiger partial charge in [0.15, 0.2) is 37.7 Å². The first-order chi connectivity index (χ1) is 23.1. The maximum Gasteiger partial charge on any atom is 1.00 e. The fraction of sp³-hybridized carbons (Fsp3) is 0.182. The number of aromatic hydroxyl groups is 2. The number of sulfone groups is 2. The minimum absolute atomic E-state index is 0. The Balaban J connectivity index is 0.00000867. The summed E-state index contributed by atoms with van der Waals surface area (Å²) in [6, 6.07) is 9.97. The molecule has 0 saturated heterocycles. The van der Waals surface area contributed by atoms with Crippen LogP contribution in [-0.2, 0) is 57.2 Å². The van der Waals surface area contributed by atoms with Crippen molar-refractivity contribution in [2.75, 3.05) is 24.7 Å². The average Bonchev–Trinajstić information content (AvgIpc) is 3.03. The first-order valence-corrected chi connectivity index (χ1v) is 18.4. The van der Waals surface area contributed by atoms with Crippen LogP contribution in [0.1, 0.15) is 0 Å². The summed E-state index contributed by atoms with van der Waals surface area (Å²) < 4.78 is 103. The van der Waals surface area contributed by atoms with Crippen LogP contribution in [0.2, 0.25) is 0 Å². The minimum Gasteiger partial charge on any atom is -0.726 e. The van der Waals surface area contributed by atoms with Crippen LogP contribution in [-0.4, -0.2) is 64.7 Å². The van der Waals surface area contributed by atoms with Crippen LogP contribution in [0.15, 0.2) is 84.8 Å². The van der Waals surface area contributed by atoms with Crippen LogP contribution in [0.4, 0.5) is 22.7 Å². The van der Waals surface area contributed by atoms with E-state index in [0.29, 0.717) is 0 Å². The second kappa shape index (κ2) is 24.9. The number of rotatable bonds is 20. The zero-order valence-electron chi connectivity index (χ0n) is 26.8. The maximum atomic E-state index is 12.6. The third-order valence-electron chi connectivity index (χ3n) is 5.39. The quantitative estimate of drug-likeness (QED) is 0.0156. The molecule has 30 heteroatoms. The Bertz CT molecular complexity index is 1980. The predicted octanol–water partition coefficient (Wildman–Crippen LogP) is -7.07. The smallest absolute Gasteiger partial charge is 0.726 e. The Labute approximate surface area is 370 Å². The molecule has 3 aromatic carbocycles. The molecule has 0 unspecified atom stereocenters. The standard InChI is InChI=1S/C22H22N4O18S5.3Na/c27-20-13-21(28)19(12-18(20)25-23-14-1-3-15(4-2-14)47(31,32)9-7-38-45-43-41-29)26-24-17-6-5-16(11-22(17)40-46-44-42-30)48(33,34)10-8-39-49(35,36)37;;;/h1-6,11-13,27-30H,7-10H2,(H,35,36,37);;;/q;3*+1/p-3. The molecule has 0 bridgehead atoms. The summed E-state index contributed by atoms with van der Waals surface area (Å²) in [7, 11) is -13.2. The summed E-state index contributed by atoms with van der Waals surface area (Å²) in [5.74, 6) is -2.88. The van der Waals surface area contributed by atoms with Gasteiger partial charge in [-0.25, -0.2) is 25.3 Å². The summed E-state index contributed by atoms with van der Waals surface area (Å²) in [5.41, 5.74) is -0.562. The fourth-order valence-electron chi connectivity index (χ4n) is 3.24. The maximum absolute atomic E-state index is 12.6. The van der Waals surface area contributed by atoms with E-state index in [2.05, 4.69) is 43.4 Å². The van der Waals surface area contributed by atoms with Gasteiger partial charge in [0, 0.05) is 18.2 Å². The average molecular weight is 857 g/mol. The van der Waals surface area contributed by atoms with Gasteiger partial charge in [-0.15, -0.1) is 24.0 Å². The molecule has 0 fully saturated rings. The molecule has 0 spiro atoms. The molecule has 0 aromatic heterocycles. The van der Waals surface area contributed by atoms with E-state index >= 15 is 0 Å². The Hall–Kier alpha value is -0.550. The van der Waals surface area contributed by atoms with E-state index in [4.69, 9.17) is 8.37 Å². The molecule has 268 valence electrons. The van der Waals surface area contributed by atoms with Crippen molar-refractivity contribution in [3.63, 3.8) is 0 Å². The summed E-state index contributed by atoms with van der Waals surface area (Å²) in [5, 5.41) is 62.0. The van der Waals surface area contributed by atoms with Crippen LogP contribution in [0.25, 0.3) is 0 Å². The molecule has 0 atom stereocenters. The van der Waals surface area contributed by atoms with Crippen LogP contribution < -0.4 is 103 Å². The topological polar surface area (TPSA) is 326 Å². The molecule has 0 saturated carbocycles. The largest absolute Gasteiger partial charge is 1.00 e. The van der Waals surface area contributed by atoms with Gasteiger partial charge in [-0.3, -0.25) is 18.4 Å². The summed E-state index contributed by atoms with van der Waals surface area (Å²) in [4.78, 5) is -0.539.